The lowest BCUT2D eigenvalue weighted by Gasteiger charge is -2.10. The number of aromatic nitrogens is 1. The van der Waals surface area contributed by atoms with E-state index in [1.165, 1.54) is 23.6 Å². The number of nitrogens with one attached hydrogen (secondary N) is 1. The molecule has 3 rings (SSSR count). The number of halogens is 4. The molecule has 1 aromatic heterocycles. The largest absolute Gasteiger partial charge is 0.497 e. The Hall–Kier alpha value is -3.02. The molecule has 0 radical (unpaired) electrons. The van der Waals surface area contributed by atoms with Crippen molar-refractivity contribution in [3.63, 3.8) is 0 Å². The van der Waals surface area contributed by atoms with Gasteiger partial charge >= 0.3 is 6.18 Å². The van der Waals surface area contributed by atoms with Gasteiger partial charge in [0.05, 0.1) is 23.4 Å². The average molecular weight is 436 g/mol. The third-order valence-corrected chi connectivity index (χ3v) is 5.08. The highest BCUT2D eigenvalue weighted by Gasteiger charge is 2.33. The van der Waals surface area contributed by atoms with Gasteiger partial charge in [-0.15, -0.1) is 11.3 Å². The number of hydrogen-bond acceptors (Lipinski definition) is 5. The fourth-order valence-corrected chi connectivity index (χ4v) is 3.46. The van der Waals surface area contributed by atoms with E-state index in [0.29, 0.717) is 16.5 Å². The van der Waals surface area contributed by atoms with Gasteiger partial charge in [-0.3, -0.25) is 0 Å². The molecule has 0 spiro atoms. The molecule has 2 aromatic carbocycles. The molecule has 29 heavy (non-hydrogen) atoms. The van der Waals surface area contributed by atoms with Crippen LogP contribution in [0.2, 0.25) is 5.02 Å². The molecule has 3 aromatic rings. The van der Waals surface area contributed by atoms with E-state index >= 15 is 0 Å². The van der Waals surface area contributed by atoms with Crippen molar-refractivity contribution in [3.05, 3.63) is 69.6 Å². The lowest BCUT2D eigenvalue weighted by molar-refractivity contribution is -0.137. The maximum absolute atomic E-state index is 13.0. The molecule has 0 saturated heterocycles. The van der Waals surface area contributed by atoms with Crippen molar-refractivity contribution >= 4 is 34.2 Å². The molecule has 0 fully saturated rings. The van der Waals surface area contributed by atoms with Gasteiger partial charge in [0.15, 0.2) is 0 Å². The van der Waals surface area contributed by atoms with Crippen molar-refractivity contribution in [1.29, 1.82) is 5.26 Å². The van der Waals surface area contributed by atoms with Crippen LogP contribution in [0.25, 0.3) is 16.8 Å². The topological polar surface area (TPSA) is 57.9 Å². The van der Waals surface area contributed by atoms with Crippen LogP contribution in [-0.4, -0.2) is 12.1 Å². The highest BCUT2D eigenvalue weighted by molar-refractivity contribution is 7.11. The number of nitrogens with zero attached hydrogens (tertiary/aromatic N) is 2. The minimum atomic E-state index is -4.57. The number of benzene rings is 2. The molecule has 1 N–H and O–H groups in total. The number of ether oxygens (including phenoxy) is 1. The maximum Gasteiger partial charge on any atom is 0.417 e. The number of allylic oxidation sites excluding steroid dienone is 1. The first-order chi connectivity index (χ1) is 13.8. The summed E-state index contributed by atoms with van der Waals surface area (Å²) in [5.41, 5.74) is 0.873. The van der Waals surface area contributed by atoms with E-state index in [1.54, 1.807) is 12.5 Å². The van der Waals surface area contributed by atoms with Crippen molar-refractivity contribution in [2.45, 2.75) is 6.18 Å². The van der Waals surface area contributed by atoms with Crippen LogP contribution in [0.4, 0.5) is 18.9 Å². The molecule has 1 heterocycles. The SMILES string of the molecule is COc1cccc(-c2csc(C(C#N)=CNc3ccc(Cl)c(C(F)(F)F)c3)n2)c1. The Morgan fingerprint density at radius 3 is 2.76 bits per heavy atom. The number of nitriles is 1. The first kappa shape index (κ1) is 20.7. The van der Waals surface area contributed by atoms with E-state index in [0.717, 1.165) is 17.7 Å². The molecule has 0 aliphatic rings. The summed E-state index contributed by atoms with van der Waals surface area (Å²) in [5, 5.41) is 14.0. The molecule has 9 heteroatoms. The van der Waals surface area contributed by atoms with E-state index in [4.69, 9.17) is 16.3 Å². The van der Waals surface area contributed by atoms with Crippen LogP contribution in [-0.2, 0) is 6.18 Å². The van der Waals surface area contributed by atoms with Crippen molar-refractivity contribution in [2.75, 3.05) is 12.4 Å². The monoisotopic (exact) mass is 435 g/mol. The van der Waals surface area contributed by atoms with Crippen LogP contribution in [0.1, 0.15) is 10.6 Å². The van der Waals surface area contributed by atoms with Crippen molar-refractivity contribution in [2.24, 2.45) is 0 Å². The van der Waals surface area contributed by atoms with Crippen LogP contribution in [0.5, 0.6) is 5.75 Å². The fraction of sp³-hybridized carbons (Fsp3) is 0.100. The first-order valence-electron chi connectivity index (χ1n) is 8.15. The Bertz CT molecular complexity index is 1100. The van der Waals surface area contributed by atoms with Gasteiger partial charge in [-0.1, -0.05) is 23.7 Å². The quantitative estimate of drug-likeness (QED) is 0.467. The standard InChI is InChI=1S/C20H13ClF3N3OS/c1-28-15-4-2-3-12(7-15)18-11-29-19(27-18)13(9-25)10-26-14-5-6-17(21)16(8-14)20(22,23)24/h2-8,10-11,26H,1H3. The summed E-state index contributed by atoms with van der Waals surface area (Å²) in [6, 6.07) is 12.8. The molecule has 4 nitrogen and oxygen atoms in total. The second-order valence-corrected chi connectivity index (χ2v) is 7.04. The molecular formula is C20H13ClF3N3OS. The average Bonchev–Trinajstić information content (AvgIpc) is 3.19. The summed E-state index contributed by atoms with van der Waals surface area (Å²) in [4.78, 5) is 4.44. The van der Waals surface area contributed by atoms with E-state index in [2.05, 4.69) is 10.3 Å². The van der Waals surface area contributed by atoms with E-state index in [-0.39, 0.29) is 11.3 Å². The van der Waals surface area contributed by atoms with Gasteiger partial charge in [-0.2, -0.15) is 18.4 Å². The summed E-state index contributed by atoms with van der Waals surface area (Å²) >= 11 is 6.87. The molecule has 148 valence electrons. The van der Waals surface area contributed by atoms with Crippen LogP contribution in [0, 0.1) is 11.3 Å². The van der Waals surface area contributed by atoms with E-state index in [1.807, 2.05) is 30.3 Å². The number of rotatable bonds is 5. The minimum absolute atomic E-state index is 0.152. The smallest absolute Gasteiger partial charge is 0.417 e. The molecule has 0 aliphatic heterocycles. The van der Waals surface area contributed by atoms with E-state index < -0.39 is 16.8 Å². The molecule has 0 aliphatic carbocycles. The second-order valence-electron chi connectivity index (χ2n) is 5.78. The van der Waals surface area contributed by atoms with Crippen molar-refractivity contribution < 1.29 is 17.9 Å². The zero-order chi connectivity index (χ0) is 21.0. The Balaban J connectivity index is 1.85. The van der Waals surface area contributed by atoms with E-state index in [9.17, 15) is 18.4 Å². The zero-order valence-electron chi connectivity index (χ0n) is 14.9. The second kappa shape index (κ2) is 8.55. The first-order valence-corrected chi connectivity index (χ1v) is 9.41. The van der Waals surface area contributed by atoms with Gasteiger partial charge in [0.25, 0.3) is 0 Å². The van der Waals surface area contributed by atoms with Gasteiger partial charge in [-0.25, -0.2) is 4.98 Å². The van der Waals surface area contributed by atoms with Crippen LogP contribution < -0.4 is 10.1 Å². The maximum atomic E-state index is 13.0. The summed E-state index contributed by atoms with van der Waals surface area (Å²) in [5.74, 6) is 0.679. The normalized spacial score (nSPS) is 11.8. The Morgan fingerprint density at radius 1 is 1.28 bits per heavy atom. The van der Waals surface area contributed by atoms with Gasteiger partial charge in [0.1, 0.15) is 22.4 Å². The Morgan fingerprint density at radius 2 is 2.07 bits per heavy atom. The van der Waals surface area contributed by atoms with Crippen LogP contribution in [0.3, 0.4) is 0 Å². The third-order valence-electron chi connectivity index (χ3n) is 3.88. The summed E-state index contributed by atoms with van der Waals surface area (Å²) in [7, 11) is 1.56. The van der Waals surface area contributed by atoms with Gasteiger partial charge in [0, 0.05) is 22.8 Å². The van der Waals surface area contributed by atoms with Crippen molar-refractivity contribution in [3.8, 4) is 23.1 Å². The molecule has 0 saturated carbocycles. The summed E-state index contributed by atoms with van der Waals surface area (Å²) < 4.78 is 44.1. The Kier molecular flexibility index (Phi) is 6.11. The third kappa shape index (κ3) is 4.88. The molecule has 0 amide bonds. The van der Waals surface area contributed by atoms with Crippen molar-refractivity contribution in [1.82, 2.24) is 4.98 Å². The fourth-order valence-electron chi connectivity index (χ4n) is 2.44. The summed E-state index contributed by atoms with van der Waals surface area (Å²) in [6.07, 6.45) is -3.25. The lowest BCUT2D eigenvalue weighted by Crippen LogP contribution is -2.06. The Labute approximate surface area is 173 Å². The summed E-state index contributed by atoms with van der Waals surface area (Å²) in [6.45, 7) is 0. The van der Waals surface area contributed by atoms with Crippen LogP contribution in [0.15, 0.2) is 54.0 Å². The zero-order valence-corrected chi connectivity index (χ0v) is 16.5. The molecule has 0 unspecified atom stereocenters. The predicted octanol–water partition coefficient (Wildman–Crippen LogP) is 6.47. The molecule has 0 bridgehead atoms. The minimum Gasteiger partial charge on any atom is -0.497 e. The van der Waals surface area contributed by atoms with Gasteiger partial charge < -0.3 is 10.1 Å². The number of alkyl halides is 3. The van der Waals surface area contributed by atoms with Gasteiger partial charge in [0.2, 0.25) is 0 Å². The van der Waals surface area contributed by atoms with Crippen LogP contribution >= 0.6 is 22.9 Å². The number of thiazole rings is 1. The molecular weight excluding hydrogens is 423 g/mol. The number of methoxy groups -OCH3 is 1. The van der Waals surface area contributed by atoms with Gasteiger partial charge in [-0.05, 0) is 30.3 Å². The highest BCUT2D eigenvalue weighted by atomic mass is 35.5. The molecule has 0 atom stereocenters. The predicted molar refractivity (Wildman–Crippen MR) is 108 cm³/mol. The number of anilines is 1. The lowest BCUT2D eigenvalue weighted by atomic mass is 10.1. The number of hydrogen-bond donors (Lipinski definition) is 1. The highest BCUT2D eigenvalue weighted by Crippen LogP contribution is 2.36.